The van der Waals surface area contributed by atoms with Crippen LogP contribution in [0.2, 0.25) is 10.0 Å². The Labute approximate surface area is 136 Å². The van der Waals surface area contributed by atoms with Crippen LogP contribution in [-0.2, 0) is 0 Å². The lowest BCUT2D eigenvalue weighted by Gasteiger charge is -2.08. The highest BCUT2D eigenvalue weighted by Crippen LogP contribution is 2.26. The second-order valence-electron chi connectivity index (χ2n) is 3.57. The quantitative estimate of drug-likeness (QED) is 0.676. The molecule has 19 heavy (non-hydrogen) atoms. The third-order valence-corrected chi connectivity index (χ3v) is 3.96. The summed E-state index contributed by atoms with van der Waals surface area (Å²) < 4.78 is 1.12. The maximum Gasteiger partial charge on any atom is 0.256 e. The van der Waals surface area contributed by atoms with E-state index >= 15 is 0 Å². The number of nitrogens with one attached hydrogen (secondary N) is 1. The zero-order valence-electron chi connectivity index (χ0n) is 9.25. The molecule has 1 aromatic carbocycles. The summed E-state index contributed by atoms with van der Waals surface area (Å²) in [4.78, 5) is 16.1. The topological polar surface area (TPSA) is 42.0 Å². The first-order valence-corrected chi connectivity index (χ1v) is 7.39. The monoisotopic (exact) mass is 422 g/mol. The summed E-state index contributed by atoms with van der Waals surface area (Å²) in [6, 6.07) is 6.54. The van der Waals surface area contributed by atoms with Crippen molar-refractivity contribution in [3.05, 3.63) is 55.1 Å². The zero-order chi connectivity index (χ0) is 14.0. The summed E-state index contributed by atoms with van der Waals surface area (Å²) >= 11 is 18.2. The van der Waals surface area contributed by atoms with Crippen LogP contribution in [0.1, 0.15) is 10.4 Å². The lowest BCUT2D eigenvalue weighted by molar-refractivity contribution is 0.102. The first-order valence-electron chi connectivity index (χ1n) is 5.05. The Morgan fingerprint density at radius 1 is 1.16 bits per heavy atom. The molecule has 0 atom stereocenters. The van der Waals surface area contributed by atoms with Gasteiger partial charge in [0.1, 0.15) is 4.60 Å². The molecule has 1 amide bonds. The highest BCUT2D eigenvalue weighted by atomic mass is 79.9. The Morgan fingerprint density at radius 3 is 2.58 bits per heavy atom. The van der Waals surface area contributed by atoms with Crippen LogP contribution in [0.15, 0.2) is 39.5 Å². The SMILES string of the molecule is O=C(Nc1cc(Cl)cnc1Br)c1ccc(Cl)cc1Br. The van der Waals surface area contributed by atoms with Crippen molar-refractivity contribution in [2.45, 2.75) is 0 Å². The molecule has 2 aromatic rings. The Bertz CT molecular complexity index is 650. The summed E-state index contributed by atoms with van der Waals surface area (Å²) in [5.41, 5.74) is 0.968. The van der Waals surface area contributed by atoms with Gasteiger partial charge in [-0.1, -0.05) is 23.2 Å². The molecule has 1 N–H and O–H groups in total. The number of hydrogen-bond donors (Lipinski definition) is 1. The van der Waals surface area contributed by atoms with Crippen LogP contribution in [0.5, 0.6) is 0 Å². The number of rotatable bonds is 2. The minimum Gasteiger partial charge on any atom is -0.320 e. The summed E-state index contributed by atoms with van der Waals surface area (Å²) in [6.07, 6.45) is 1.49. The maximum atomic E-state index is 12.1. The molecule has 3 nitrogen and oxygen atoms in total. The van der Waals surface area contributed by atoms with Gasteiger partial charge in [-0.25, -0.2) is 4.98 Å². The van der Waals surface area contributed by atoms with Gasteiger partial charge in [-0.15, -0.1) is 0 Å². The largest absolute Gasteiger partial charge is 0.320 e. The maximum absolute atomic E-state index is 12.1. The van der Waals surface area contributed by atoms with E-state index in [0.717, 1.165) is 0 Å². The van der Waals surface area contributed by atoms with Crippen LogP contribution >= 0.6 is 55.1 Å². The summed E-state index contributed by atoms with van der Waals surface area (Å²) in [5, 5.41) is 3.71. The molecule has 0 fully saturated rings. The molecule has 0 radical (unpaired) electrons. The van der Waals surface area contributed by atoms with Crippen molar-refractivity contribution >= 4 is 66.7 Å². The molecule has 1 aromatic heterocycles. The number of carbonyl (C=O) groups excluding carboxylic acids is 1. The van der Waals surface area contributed by atoms with E-state index in [4.69, 9.17) is 23.2 Å². The predicted molar refractivity (Wildman–Crippen MR) is 84.1 cm³/mol. The number of benzene rings is 1. The van der Waals surface area contributed by atoms with Crippen molar-refractivity contribution in [3.63, 3.8) is 0 Å². The summed E-state index contributed by atoms with van der Waals surface area (Å²) in [7, 11) is 0. The standard InChI is InChI=1S/C12H6Br2Cl2N2O/c13-9-3-6(15)1-2-8(9)12(19)18-10-4-7(16)5-17-11(10)14/h1-5H,(H,18,19). The zero-order valence-corrected chi connectivity index (χ0v) is 13.9. The third-order valence-electron chi connectivity index (χ3n) is 2.23. The van der Waals surface area contributed by atoms with Crippen LogP contribution in [0.25, 0.3) is 0 Å². The highest BCUT2D eigenvalue weighted by Gasteiger charge is 2.12. The number of halogens is 4. The number of hydrogen-bond acceptors (Lipinski definition) is 2. The molecular formula is C12H6Br2Cl2N2O. The number of anilines is 1. The molecule has 0 saturated heterocycles. The second-order valence-corrected chi connectivity index (χ2v) is 6.05. The third kappa shape index (κ3) is 3.69. The van der Waals surface area contributed by atoms with Gasteiger partial charge in [0.25, 0.3) is 5.91 Å². The Balaban J connectivity index is 2.28. The van der Waals surface area contributed by atoms with Gasteiger partial charge < -0.3 is 5.32 Å². The Hall–Kier alpha value is -0.620. The molecule has 0 spiro atoms. The van der Waals surface area contributed by atoms with E-state index in [1.54, 1.807) is 24.3 Å². The molecule has 0 unspecified atom stereocenters. The van der Waals surface area contributed by atoms with E-state index in [1.807, 2.05) is 0 Å². The molecule has 7 heteroatoms. The smallest absolute Gasteiger partial charge is 0.256 e. The molecule has 0 saturated carbocycles. The number of carbonyl (C=O) groups is 1. The van der Waals surface area contributed by atoms with Gasteiger partial charge in [-0.05, 0) is 56.1 Å². The van der Waals surface area contributed by atoms with E-state index in [-0.39, 0.29) is 5.91 Å². The van der Waals surface area contributed by atoms with Crippen molar-refractivity contribution in [1.29, 1.82) is 0 Å². The normalized spacial score (nSPS) is 10.3. The van der Waals surface area contributed by atoms with Crippen molar-refractivity contribution in [2.75, 3.05) is 5.32 Å². The van der Waals surface area contributed by atoms with Crippen LogP contribution in [0, 0.1) is 0 Å². The average Bonchev–Trinajstić information content (AvgIpc) is 2.33. The van der Waals surface area contributed by atoms with E-state index in [2.05, 4.69) is 42.2 Å². The van der Waals surface area contributed by atoms with E-state index < -0.39 is 0 Å². The first kappa shape index (κ1) is 14.8. The van der Waals surface area contributed by atoms with Gasteiger partial charge in [-0.2, -0.15) is 0 Å². The Morgan fingerprint density at radius 2 is 1.89 bits per heavy atom. The fourth-order valence-corrected chi connectivity index (χ4v) is 2.71. The average molecular weight is 425 g/mol. The molecular weight excluding hydrogens is 419 g/mol. The van der Waals surface area contributed by atoms with Crippen molar-refractivity contribution in [3.8, 4) is 0 Å². The molecule has 0 aliphatic carbocycles. The number of pyridine rings is 1. The van der Waals surface area contributed by atoms with Crippen LogP contribution < -0.4 is 5.32 Å². The van der Waals surface area contributed by atoms with E-state index in [0.29, 0.717) is 30.4 Å². The summed E-state index contributed by atoms with van der Waals surface area (Å²) in [5.74, 6) is -0.284. The number of aromatic nitrogens is 1. The highest BCUT2D eigenvalue weighted by molar-refractivity contribution is 9.10. The first-order chi connectivity index (χ1) is 8.97. The van der Waals surface area contributed by atoms with E-state index in [9.17, 15) is 4.79 Å². The van der Waals surface area contributed by atoms with E-state index in [1.165, 1.54) is 6.20 Å². The fourth-order valence-electron chi connectivity index (χ4n) is 1.37. The van der Waals surface area contributed by atoms with Gasteiger partial charge in [0.15, 0.2) is 0 Å². The lowest BCUT2D eigenvalue weighted by atomic mass is 10.2. The van der Waals surface area contributed by atoms with Gasteiger partial charge in [-0.3, -0.25) is 4.79 Å². The Kier molecular flexibility index (Phi) is 4.84. The minimum absolute atomic E-state index is 0.284. The number of nitrogens with zero attached hydrogens (tertiary/aromatic N) is 1. The van der Waals surface area contributed by atoms with Crippen molar-refractivity contribution in [2.24, 2.45) is 0 Å². The molecule has 0 bridgehead atoms. The summed E-state index contributed by atoms with van der Waals surface area (Å²) in [6.45, 7) is 0. The van der Waals surface area contributed by atoms with Crippen molar-refractivity contribution < 1.29 is 4.79 Å². The van der Waals surface area contributed by atoms with Gasteiger partial charge in [0.2, 0.25) is 0 Å². The molecule has 98 valence electrons. The van der Waals surface area contributed by atoms with Crippen LogP contribution in [0.3, 0.4) is 0 Å². The van der Waals surface area contributed by atoms with Crippen LogP contribution in [-0.4, -0.2) is 10.9 Å². The van der Waals surface area contributed by atoms with Crippen LogP contribution in [0.4, 0.5) is 5.69 Å². The second kappa shape index (κ2) is 6.22. The fraction of sp³-hybridized carbons (Fsp3) is 0. The molecule has 1 heterocycles. The van der Waals surface area contributed by atoms with Gasteiger partial charge in [0.05, 0.1) is 16.3 Å². The minimum atomic E-state index is -0.284. The molecule has 2 rings (SSSR count). The van der Waals surface area contributed by atoms with Gasteiger partial charge in [0, 0.05) is 15.7 Å². The van der Waals surface area contributed by atoms with Crippen molar-refractivity contribution in [1.82, 2.24) is 4.98 Å². The lowest BCUT2D eigenvalue weighted by Crippen LogP contribution is -2.13. The predicted octanol–water partition coefficient (Wildman–Crippen LogP) is 5.17. The number of amides is 1. The van der Waals surface area contributed by atoms with Gasteiger partial charge >= 0.3 is 0 Å². The molecule has 0 aliphatic heterocycles. The molecule has 0 aliphatic rings.